The third kappa shape index (κ3) is 3.21. The number of aromatic nitrogens is 2. The Labute approximate surface area is 119 Å². The fourth-order valence-corrected chi connectivity index (χ4v) is 2.62. The number of hydrazine groups is 1. The molecule has 0 unspecified atom stereocenters. The molecule has 0 saturated carbocycles. The molecular formula is C10H10N6O4S. The zero-order valence-corrected chi connectivity index (χ0v) is 11.2. The highest BCUT2D eigenvalue weighted by molar-refractivity contribution is 7.92. The summed E-state index contributed by atoms with van der Waals surface area (Å²) in [6.07, 6.45) is 2.73. The van der Waals surface area contributed by atoms with Crippen molar-refractivity contribution in [2.45, 2.75) is 4.90 Å². The van der Waals surface area contributed by atoms with E-state index in [0.717, 1.165) is 18.2 Å². The summed E-state index contributed by atoms with van der Waals surface area (Å²) in [5.41, 5.74) is 1.71. The first-order valence-electron chi connectivity index (χ1n) is 5.49. The first-order chi connectivity index (χ1) is 9.94. The summed E-state index contributed by atoms with van der Waals surface area (Å²) in [6.45, 7) is 0. The first kappa shape index (κ1) is 14.6. The number of non-ortho nitro benzene ring substituents is 1. The Morgan fingerprint density at radius 3 is 2.48 bits per heavy atom. The molecule has 0 bridgehead atoms. The minimum absolute atomic E-state index is 0.118. The van der Waals surface area contributed by atoms with Crippen LogP contribution in [0, 0.1) is 10.1 Å². The number of hydrogen-bond acceptors (Lipinski definition) is 8. The normalized spacial score (nSPS) is 10.9. The monoisotopic (exact) mass is 310 g/mol. The Morgan fingerprint density at radius 1 is 1.24 bits per heavy atom. The van der Waals surface area contributed by atoms with Crippen molar-refractivity contribution in [2.24, 2.45) is 5.84 Å². The summed E-state index contributed by atoms with van der Waals surface area (Å²) in [5.74, 6) is 5.09. The van der Waals surface area contributed by atoms with Gasteiger partial charge in [0.15, 0.2) is 0 Å². The number of rotatable bonds is 5. The molecule has 2 aromatic rings. The molecule has 110 valence electrons. The molecule has 0 aliphatic heterocycles. The third-order valence-electron chi connectivity index (χ3n) is 2.41. The maximum atomic E-state index is 12.2. The molecule has 4 N–H and O–H groups in total. The number of anilines is 2. The van der Waals surface area contributed by atoms with Gasteiger partial charge in [0.25, 0.3) is 15.7 Å². The van der Waals surface area contributed by atoms with Gasteiger partial charge in [0.2, 0.25) is 5.95 Å². The van der Waals surface area contributed by atoms with Crippen LogP contribution in [0.3, 0.4) is 0 Å². The molecule has 2 rings (SSSR count). The van der Waals surface area contributed by atoms with Crippen molar-refractivity contribution in [1.82, 2.24) is 9.97 Å². The second-order valence-corrected chi connectivity index (χ2v) is 5.41. The second kappa shape index (κ2) is 5.68. The van der Waals surface area contributed by atoms with E-state index in [1.165, 1.54) is 18.5 Å². The fourth-order valence-electron chi connectivity index (χ4n) is 1.51. The zero-order valence-electron chi connectivity index (χ0n) is 10.4. The lowest BCUT2D eigenvalue weighted by molar-refractivity contribution is -0.384. The minimum atomic E-state index is -4.04. The highest BCUT2D eigenvalue weighted by Crippen LogP contribution is 2.26. The van der Waals surface area contributed by atoms with Crippen molar-refractivity contribution in [1.29, 1.82) is 0 Å². The van der Waals surface area contributed by atoms with Crippen LogP contribution in [0.5, 0.6) is 0 Å². The summed E-state index contributed by atoms with van der Waals surface area (Å²) in [5, 5.41) is 10.7. The van der Waals surface area contributed by atoms with E-state index in [2.05, 4.69) is 20.1 Å². The zero-order chi connectivity index (χ0) is 15.5. The van der Waals surface area contributed by atoms with Gasteiger partial charge in [-0.25, -0.2) is 23.1 Å². The Kier molecular flexibility index (Phi) is 3.95. The van der Waals surface area contributed by atoms with Crippen LogP contribution in [0.2, 0.25) is 0 Å². The van der Waals surface area contributed by atoms with Crippen molar-refractivity contribution < 1.29 is 13.3 Å². The number of sulfonamides is 1. The maximum absolute atomic E-state index is 12.2. The van der Waals surface area contributed by atoms with E-state index in [4.69, 9.17) is 5.84 Å². The predicted molar refractivity (Wildman–Crippen MR) is 73.7 cm³/mol. The summed E-state index contributed by atoms with van der Waals surface area (Å²) >= 11 is 0. The minimum Gasteiger partial charge on any atom is -0.323 e. The van der Waals surface area contributed by atoms with Crippen LogP contribution in [0.1, 0.15) is 0 Å². The van der Waals surface area contributed by atoms with Crippen LogP contribution in [0.25, 0.3) is 0 Å². The lowest BCUT2D eigenvalue weighted by Gasteiger charge is -2.10. The van der Waals surface area contributed by atoms with E-state index in [1.54, 1.807) is 0 Å². The molecular weight excluding hydrogens is 300 g/mol. The van der Waals surface area contributed by atoms with Crippen LogP contribution in [0.4, 0.5) is 17.3 Å². The SMILES string of the molecule is NNc1cc([N+](=O)[O-])ccc1S(=O)(=O)Nc1ncccn1. The average Bonchev–Trinajstić information content (AvgIpc) is 2.47. The second-order valence-electron chi connectivity index (χ2n) is 3.76. The number of nitrogens with one attached hydrogen (secondary N) is 2. The summed E-state index contributed by atoms with van der Waals surface area (Å²) in [6, 6.07) is 4.66. The number of nitrogens with two attached hydrogens (primary N) is 1. The molecule has 0 aliphatic carbocycles. The molecule has 1 heterocycles. The third-order valence-corrected chi connectivity index (χ3v) is 3.80. The molecule has 0 atom stereocenters. The van der Waals surface area contributed by atoms with E-state index >= 15 is 0 Å². The smallest absolute Gasteiger partial charge is 0.271 e. The summed E-state index contributed by atoms with van der Waals surface area (Å²) < 4.78 is 26.6. The standard InChI is InChI=1S/C10H10N6O4S/c11-14-8-6-7(16(17)18)2-3-9(8)21(19,20)15-10-12-4-1-5-13-10/h1-6,14H,11H2,(H,12,13,15). The van der Waals surface area contributed by atoms with Crippen molar-refractivity contribution in [3.63, 3.8) is 0 Å². The van der Waals surface area contributed by atoms with E-state index in [1.807, 2.05) is 0 Å². The van der Waals surface area contributed by atoms with Gasteiger partial charge < -0.3 is 5.43 Å². The van der Waals surface area contributed by atoms with Crippen molar-refractivity contribution in [3.8, 4) is 0 Å². The lowest BCUT2D eigenvalue weighted by atomic mass is 10.3. The largest absolute Gasteiger partial charge is 0.323 e. The van der Waals surface area contributed by atoms with Gasteiger partial charge in [0, 0.05) is 24.5 Å². The Bertz CT molecular complexity index is 764. The van der Waals surface area contributed by atoms with Crippen molar-refractivity contribution >= 4 is 27.3 Å². The molecule has 1 aromatic heterocycles. The van der Waals surface area contributed by atoms with Crippen LogP contribution < -0.4 is 16.0 Å². The topological polar surface area (TPSA) is 153 Å². The van der Waals surface area contributed by atoms with Gasteiger partial charge >= 0.3 is 0 Å². The highest BCUT2D eigenvalue weighted by atomic mass is 32.2. The quantitative estimate of drug-likeness (QED) is 0.409. The van der Waals surface area contributed by atoms with E-state index < -0.39 is 14.9 Å². The molecule has 0 aliphatic rings. The highest BCUT2D eigenvalue weighted by Gasteiger charge is 2.22. The fraction of sp³-hybridized carbons (Fsp3) is 0. The van der Waals surface area contributed by atoms with Crippen LogP contribution in [-0.2, 0) is 10.0 Å². The van der Waals surface area contributed by atoms with Crippen molar-refractivity contribution in [2.75, 3.05) is 10.1 Å². The van der Waals surface area contributed by atoms with Crippen LogP contribution in [-0.4, -0.2) is 23.3 Å². The van der Waals surface area contributed by atoms with Gasteiger partial charge in [-0.3, -0.25) is 16.0 Å². The van der Waals surface area contributed by atoms with Gasteiger partial charge in [-0.05, 0) is 12.1 Å². The van der Waals surface area contributed by atoms with E-state index in [9.17, 15) is 18.5 Å². The molecule has 0 spiro atoms. The molecule has 10 nitrogen and oxygen atoms in total. The van der Waals surface area contributed by atoms with Gasteiger partial charge in [0.1, 0.15) is 4.90 Å². The molecule has 1 aromatic carbocycles. The number of hydrogen-bond donors (Lipinski definition) is 3. The van der Waals surface area contributed by atoms with E-state index in [0.29, 0.717) is 0 Å². The number of benzene rings is 1. The molecule has 11 heteroatoms. The maximum Gasteiger partial charge on any atom is 0.271 e. The van der Waals surface area contributed by atoms with Gasteiger partial charge in [-0.1, -0.05) is 0 Å². The Hall–Kier alpha value is -2.79. The number of nitrogens with zero attached hydrogens (tertiary/aromatic N) is 3. The molecule has 0 amide bonds. The molecule has 0 radical (unpaired) electrons. The number of nitro benzene ring substituents is 1. The summed E-state index contributed by atoms with van der Waals surface area (Å²) in [4.78, 5) is 17.2. The van der Waals surface area contributed by atoms with Crippen LogP contribution >= 0.6 is 0 Å². The molecule has 21 heavy (non-hydrogen) atoms. The van der Waals surface area contributed by atoms with Gasteiger partial charge in [-0.2, -0.15) is 0 Å². The summed E-state index contributed by atoms with van der Waals surface area (Å²) in [7, 11) is -4.04. The first-order valence-corrected chi connectivity index (χ1v) is 6.97. The predicted octanol–water partition coefficient (Wildman–Crippen LogP) is 0.471. The lowest BCUT2D eigenvalue weighted by Crippen LogP contribution is -2.18. The Balaban J connectivity index is 2.42. The Morgan fingerprint density at radius 2 is 1.90 bits per heavy atom. The molecule has 0 fully saturated rings. The van der Waals surface area contributed by atoms with Crippen LogP contribution in [0.15, 0.2) is 41.6 Å². The number of nitrogen functional groups attached to an aromatic ring is 1. The number of nitro groups is 1. The van der Waals surface area contributed by atoms with Gasteiger partial charge in [0.05, 0.1) is 10.6 Å². The van der Waals surface area contributed by atoms with Gasteiger partial charge in [-0.15, -0.1) is 0 Å². The van der Waals surface area contributed by atoms with Crippen molar-refractivity contribution in [3.05, 3.63) is 46.8 Å². The van der Waals surface area contributed by atoms with E-state index in [-0.39, 0.29) is 22.2 Å². The molecule has 0 saturated heterocycles. The average molecular weight is 310 g/mol.